The van der Waals surface area contributed by atoms with E-state index in [2.05, 4.69) is 15.2 Å². The van der Waals surface area contributed by atoms with Gasteiger partial charge in [-0.05, 0) is 12.1 Å². The van der Waals surface area contributed by atoms with Gasteiger partial charge in [0.15, 0.2) is 5.96 Å². The average Bonchev–Trinajstić information content (AvgIpc) is 2.51. The topological polar surface area (TPSA) is 51.1 Å². The molecule has 136 valence electrons. The number of nitrogens with one attached hydrogen (secondary N) is 1. The van der Waals surface area contributed by atoms with Gasteiger partial charge in [-0.15, -0.1) is 24.0 Å². The summed E-state index contributed by atoms with van der Waals surface area (Å²) in [6.45, 7) is 2.39. The third-order valence-electron chi connectivity index (χ3n) is 3.71. The molecule has 0 aliphatic carbocycles. The first-order valence-electron chi connectivity index (χ1n) is 7.46. The molecule has 1 saturated heterocycles. The summed E-state index contributed by atoms with van der Waals surface area (Å²) in [6, 6.07) is 7.11. The van der Waals surface area contributed by atoms with Crippen molar-refractivity contribution in [3.63, 3.8) is 0 Å². The smallest absolute Gasteiger partial charge is 0.390 e. The van der Waals surface area contributed by atoms with Gasteiger partial charge in [0.05, 0.1) is 12.1 Å². The molecule has 0 spiro atoms. The van der Waals surface area contributed by atoms with Gasteiger partial charge in [0.1, 0.15) is 5.75 Å². The maximum absolute atomic E-state index is 12.2. The van der Waals surface area contributed by atoms with E-state index in [1.807, 2.05) is 17.0 Å². The summed E-state index contributed by atoms with van der Waals surface area (Å²) < 4.78 is 36.6. The second kappa shape index (κ2) is 9.19. The second-order valence-electron chi connectivity index (χ2n) is 5.30. The van der Waals surface area contributed by atoms with Crippen LogP contribution >= 0.6 is 24.0 Å². The van der Waals surface area contributed by atoms with Crippen molar-refractivity contribution in [3.8, 4) is 5.75 Å². The van der Waals surface area contributed by atoms with E-state index in [1.165, 1.54) is 0 Å². The van der Waals surface area contributed by atoms with Gasteiger partial charge < -0.3 is 20.2 Å². The molecule has 0 bridgehead atoms. The lowest BCUT2D eigenvalue weighted by molar-refractivity contribution is -0.132. The monoisotopic (exact) mass is 458 g/mol. The highest BCUT2D eigenvalue weighted by molar-refractivity contribution is 14.0. The zero-order valence-electron chi connectivity index (χ0n) is 13.4. The minimum absolute atomic E-state index is 0. The maximum Gasteiger partial charge on any atom is 0.390 e. The number of nitrogens with zero attached hydrogens (tertiary/aromatic N) is 3. The van der Waals surface area contributed by atoms with Gasteiger partial charge in [-0.3, -0.25) is 4.99 Å². The molecule has 1 heterocycles. The fourth-order valence-corrected chi connectivity index (χ4v) is 2.54. The van der Waals surface area contributed by atoms with Crippen molar-refractivity contribution in [1.29, 1.82) is 0 Å². The fraction of sp³-hybridized carbons (Fsp3) is 0.533. The molecule has 5 nitrogen and oxygen atoms in total. The normalized spacial score (nSPS) is 15.9. The first-order valence-corrected chi connectivity index (χ1v) is 7.46. The van der Waals surface area contributed by atoms with Crippen molar-refractivity contribution in [2.45, 2.75) is 12.6 Å². The Balaban J connectivity index is 0.00000288. The van der Waals surface area contributed by atoms with E-state index in [1.54, 1.807) is 19.2 Å². The fourth-order valence-electron chi connectivity index (χ4n) is 2.54. The number of phenolic OH excluding ortho intramolecular Hbond substituents is 1. The van der Waals surface area contributed by atoms with E-state index >= 15 is 0 Å². The number of aromatic hydroxyl groups is 1. The van der Waals surface area contributed by atoms with Crippen LogP contribution in [0.3, 0.4) is 0 Å². The first kappa shape index (κ1) is 20.7. The van der Waals surface area contributed by atoms with Crippen LogP contribution in [0.1, 0.15) is 6.42 Å². The Morgan fingerprint density at radius 2 is 1.83 bits per heavy atom. The SMILES string of the molecule is CN=C(NCCC(F)(F)F)N1CCN(c2ccccc2O)CC1.I. The minimum atomic E-state index is -4.17. The number of benzene rings is 1. The van der Waals surface area contributed by atoms with Crippen molar-refractivity contribution < 1.29 is 18.3 Å². The number of phenols is 1. The van der Waals surface area contributed by atoms with Crippen molar-refractivity contribution in [1.82, 2.24) is 10.2 Å². The maximum atomic E-state index is 12.2. The van der Waals surface area contributed by atoms with Crippen LogP contribution in [0.2, 0.25) is 0 Å². The number of anilines is 1. The lowest BCUT2D eigenvalue weighted by Gasteiger charge is -2.37. The molecule has 0 aromatic heterocycles. The molecule has 2 rings (SSSR count). The molecule has 0 amide bonds. The highest BCUT2D eigenvalue weighted by Gasteiger charge is 2.27. The van der Waals surface area contributed by atoms with Gasteiger partial charge >= 0.3 is 6.18 Å². The lowest BCUT2D eigenvalue weighted by Crippen LogP contribution is -2.52. The Kier molecular flexibility index (Phi) is 7.91. The number of alkyl halides is 3. The van der Waals surface area contributed by atoms with Crippen LogP contribution < -0.4 is 10.2 Å². The predicted molar refractivity (Wildman–Crippen MR) is 99.3 cm³/mol. The third kappa shape index (κ3) is 5.91. The van der Waals surface area contributed by atoms with Crippen LogP contribution in [-0.2, 0) is 0 Å². The van der Waals surface area contributed by atoms with Gasteiger partial charge in [0.25, 0.3) is 0 Å². The third-order valence-corrected chi connectivity index (χ3v) is 3.71. The van der Waals surface area contributed by atoms with E-state index in [-0.39, 0.29) is 36.3 Å². The zero-order valence-corrected chi connectivity index (χ0v) is 15.7. The number of halogens is 4. The molecule has 2 N–H and O–H groups in total. The van der Waals surface area contributed by atoms with Crippen LogP contribution in [0.25, 0.3) is 0 Å². The largest absolute Gasteiger partial charge is 0.506 e. The summed E-state index contributed by atoms with van der Waals surface area (Å²) in [7, 11) is 1.56. The molecule has 0 saturated carbocycles. The quantitative estimate of drug-likeness (QED) is 0.416. The number of guanidine groups is 1. The molecule has 0 radical (unpaired) electrons. The summed E-state index contributed by atoms with van der Waals surface area (Å²) in [6.07, 6.45) is -5.06. The standard InChI is InChI=1S/C15H21F3N4O.HI/c1-19-14(20-7-6-15(16,17)18)22-10-8-21(9-11-22)12-4-2-3-5-13(12)23;/h2-5,23H,6-11H2,1H3,(H,19,20);1H. The number of hydrogen-bond acceptors (Lipinski definition) is 3. The lowest BCUT2D eigenvalue weighted by atomic mass is 10.2. The Hall–Kier alpha value is -1.39. The van der Waals surface area contributed by atoms with Gasteiger partial charge in [0.2, 0.25) is 0 Å². The Bertz CT molecular complexity index is 546. The van der Waals surface area contributed by atoms with Crippen LogP contribution in [0.15, 0.2) is 29.3 Å². The van der Waals surface area contributed by atoms with Crippen LogP contribution in [-0.4, -0.2) is 61.9 Å². The molecule has 1 aromatic carbocycles. The molecule has 9 heteroatoms. The summed E-state index contributed by atoms with van der Waals surface area (Å²) in [5.74, 6) is 0.708. The highest BCUT2D eigenvalue weighted by atomic mass is 127. The summed E-state index contributed by atoms with van der Waals surface area (Å²) in [5.41, 5.74) is 0.771. The summed E-state index contributed by atoms with van der Waals surface area (Å²) in [4.78, 5) is 8.02. The number of rotatable bonds is 3. The van der Waals surface area contributed by atoms with Crippen molar-refractivity contribution >= 4 is 35.6 Å². The molecule has 0 unspecified atom stereocenters. The van der Waals surface area contributed by atoms with Crippen molar-refractivity contribution in [2.75, 3.05) is 44.7 Å². The Labute approximate surface area is 156 Å². The van der Waals surface area contributed by atoms with E-state index in [0.717, 1.165) is 5.69 Å². The van der Waals surface area contributed by atoms with E-state index < -0.39 is 12.6 Å². The van der Waals surface area contributed by atoms with Gasteiger partial charge in [-0.1, -0.05) is 12.1 Å². The van der Waals surface area contributed by atoms with Gasteiger partial charge in [0, 0.05) is 39.8 Å². The Morgan fingerprint density at radius 3 is 2.38 bits per heavy atom. The molecule has 1 aliphatic rings. The number of para-hydroxylation sites is 2. The van der Waals surface area contributed by atoms with E-state index in [4.69, 9.17) is 0 Å². The van der Waals surface area contributed by atoms with Gasteiger partial charge in [-0.2, -0.15) is 13.2 Å². The van der Waals surface area contributed by atoms with Crippen LogP contribution in [0, 0.1) is 0 Å². The van der Waals surface area contributed by atoms with E-state index in [0.29, 0.717) is 32.1 Å². The number of aliphatic imine (C=N–C) groups is 1. The molecular weight excluding hydrogens is 436 g/mol. The predicted octanol–water partition coefficient (Wildman–Crippen LogP) is 2.66. The zero-order chi connectivity index (χ0) is 16.9. The first-order chi connectivity index (χ1) is 10.9. The van der Waals surface area contributed by atoms with Gasteiger partial charge in [-0.25, -0.2) is 0 Å². The molecular formula is C15H22F3IN4O. The van der Waals surface area contributed by atoms with E-state index in [9.17, 15) is 18.3 Å². The molecule has 24 heavy (non-hydrogen) atoms. The number of hydrogen-bond donors (Lipinski definition) is 2. The summed E-state index contributed by atoms with van der Waals surface area (Å²) >= 11 is 0. The molecule has 1 aliphatic heterocycles. The van der Waals surface area contributed by atoms with Crippen LogP contribution in [0.5, 0.6) is 5.75 Å². The summed E-state index contributed by atoms with van der Waals surface area (Å²) in [5, 5.41) is 12.6. The number of piperazine rings is 1. The average molecular weight is 458 g/mol. The van der Waals surface area contributed by atoms with Crippen molar-refractivity contribution in [2.24, 2.45) is 4.99 Å². The molecule has 1 fully saturated rings. The minimum Gasteiger partial charge on any atom is -0.506 e. The highest BCUT2D eigenvalue weighted by Crippen LogP contribution is 2.27. The van der Waals surface area contributed by atoms with Crippen molar-refractivity contribution in [3.05, 3.63) is 24.3 Å². The second-order valence-corrected chi connectivity index (χ2v) is 5.30. The van der Waals surface area contributed by atoms with Crippen LogP contribution in [0.4, 0.5) is 18.9 Å². The molecule has 1 aromatic rings. The Morgan fingerprint density at radius 1 is 1.21 bits per heavy atom. The molecule has 0 atom stereocenters.